The molecule has 4 heteroatoms. The highest BCUT2D eigenvalue weighted by Crippen LogP contribution is 2.44. The highest BCUT2D eigenvalue weighted by molar-refractivity contribution is 6.30. The minimum atomic E-state index is 0. The van der Waals surface area contributed by atoms with Gasteiger partial charge in [-0.1, -0.05) is 48.0 Å². The molecule has 0 saturated heterocycles. The van der Waals surface area contributed by atoms with Gasteiger partial charge in [0.15, 0.2) is 0 Å². The summed E-state index contributed by atoms with van der Waals surface area (Å²) >= 11 is 6.05. The van der Waals surface area contributed by atoms with E-state index in [-0.39, 0.29) is 18.4 Å². The first-order chi connectivity index (χ1) is 9.24. The largest absolute Gasteiger partial charge is 0.489 e. The van der Waals surface area contributed by atoms with Crippen LogP contribution in [0.3, 0.4) is 0 Å². The Morgan fingerprint density at radius 3 is 2.50 bits per heavy atom. The Balaban J connectivity index is 0.00000147. The molecule has 2 atom stereocenters. The van der Waals surface area contributed by atoms with Crippen molar-refractivity contribution >= 4 is 24.0 Å². The number of hydrogen-bond donors (Lipinski definition) is 1. The Kier molecular flexibility index (Phi) is 4.92. The highest BCUT2D eigenvalue weighted by Gasteiger charge is 2.36. The number of ether oxygens (including phenoxy) is 1. The van der Waals surface area contributed by atoms with E-state index in [9.17, 15) is 0 Å². The van der Waals surface area contributed by atoms with Crippen molar-refractivity contribution in [3.8, 4) is 5.75 Å². The average Bonchev–Trinajstić information content (AvgIpc) is 3.14. The minimum Gasteiger partial charge on any atom is -0.489 e. The molecule has 3 rings (SSSR count). The van der Waals surface area contributed by atoms with Crippen LogP contribution in [-0.2, 0) is 6.61 Å². The smallest absolute Gasteiger partial charge is 0.124 e. The molecule has 0 amide bonds. The van der Waals surface area contributed by atoms with Crippen LogP contribution in [-0.4, -0.2) is 6.04 Å². The Morgan fingerprint density at radius 1 is 1.15 bits per heavy atom. The predicted molar refractivity (Wildman–Crippen MR) is 84.8 cm³/mol. The second-order valence-corrected chi connectivity index (χ2v) is 5.40. The van der Waals surface area contributed by atoms with E-state index < -0.39 is 0 Å². The van der Waals surface area contributed by atoms with Gasteiger partial charge in [-0.2, -0.15) is 0 Å². The zero-order chi connectivity index (χ0) is 13.2. The van der Waals surface area contributed by atoms with Crippen molar-refractivity contribution in [1.29, 1.82) is 0 Å². The summed E-state index contributed by atoms with van der Waals surface area (Å²) in [5.41, 5.74) is 8.24. The second kappa shape index (κ2) is 6.49. The van der Waals surface area contributed by atoms with Gasteiger partial charge in [0.1, 0.15) is 12.4 Å². The van der Waals surface area contributed by atoms with E-state index in [0.717, 1.165) is 17.7 Å². The van der Waals surface area contributed by atoms with Gasteiger partial charge in [-0.15, -0.1) is 12.4 Å². The van der Waals surface area contributed by atoms with E-state index in [2.05, 4.69) is 0 Å². The summed E-state index contributed by atoms with van der Waals surface area (Å²) in [4.78, 5) is 0. The van der Waals surface area contributed by atoms with Gasteiger partial charge in [0, 0.05) is 17.0 Å². The molecular formula is C16H17Cl2NO. The van der Waals surface area contributed by atoms with Crippen molar-refractivity contribution in [2.75, 3.05) is 0 Å². The zero-order valence-electron chi connectivity index (χ0n) is 11.0. The lowest BCUT2D eigenvalue weighted by Crippen LogP contribution is -2.03. The standard InChI is InChI=1S/C16H16ClNO.ClH/c17-12-6-7-13(14-9-15(14)18)16(8-12)19-10-11-4-2-1-3-5-11;/h1-8,14-15H,9-10,18H2;1H/t14-,15+;/m0./s1. The van der Waals surface area contributed by atoms with Crippen LogP contribution in [0, 0.1) is 0 Å². The molecule has 0 heterocycles. The molecule has 2 nitrogen and oxygen atoms in total. The highest BCUT2D eigenvalue weighted by atomic mass is 35.5. The Hall–Kier alpha value is -1.22. The van der Waals surface area contributed by atoms with Crippen LogP contribution in [0.25, 0.3) is 0 Å². The Bertz CT molecular complexity index is 574. The molecule has 1 aliphatic carbocycles. The molecule has 0 aliphatic heterocycles. The fourth-order valence-corrected chi connectivity index (χ4v) is 2.41. The minimum absolute atomic E-state index is 0. The molecule has 2 aromatic rings. The summed E-state index contributed by atoms with van der Waals surface area (Å²) in [6.07, 6.45) is 1.03. The summed E-state index contributed by atoms with van der Waals surface area (Å²) in [6.45, 7) is 0.552. The summed E-state index contributed by atoms with van der Waals surface area (Å²) in [6, 6.07) is 16.2. The first-order valence-electron chi connectivity index (χ1n) is 6.46. The fourth-order valence-electron chi connectivity index (χ4n) is 2.25. The molecule has 0 unspecified atom stereocenters. The molecule has 0 aromatic heterocycles. The molecule has 1 saturated carbocycles. The molecule has 0 bridgehead atoms. The van der Waals surface area contributed by atoms with E-state index in [1.54, 1.807) is 0 Å². The first kappa shape index (κ1) is 15.2. The first-order valence-corrected chi connectivity index (χ1v) is 6.83. The average molecular weight is 310 g/mol. The van der Waals surface area contributed by atoms with Crippen LogP contribution in [0.5, 0.6) is 5.75 Å². The van der Waals surface area contributed by atoms with Crippen LogP contribution in [0.2, 0.25) is 5.02 Å². The summed E-state index contributed by atoms with van der Waals surface area (Å²) in [5, 5.41) is 0.695. The lowest BCUT2D eigenvalue weighted by atomic mass is 10.1. The third kappa shape index (κ3) is 3.45. The molecule has 0 radical (unpaired) electrons. The van der Waals surface area contributed by atoms with Gasteiger partial charge in [0.25, 0.3) is 0 Å². The van der Waals surface area contributed by atoms with Crippen LogP contribution in [0.1, 0.15) is 23.5 Å². The van der Waals surface area contributed by atoms with E-state index in [1.807, 2.05) is 48.5 Å². The molecule has 2 aromatic carbocycles. The number of rotatable bonds is 4. The third-order valence-electron chi connectivity index (χ3n) is 3.45. The van der Waals surface area contributed by atoms with E-state index >= 15 is 0 Å². The number of halogens is 2. The number of benzene rings is 2. The van der Waals surface area contributed by atoms with Gasteiger partial charge in [0.05, 0.1) is 0 Å². The SMILES string of the molecule is Cl.N[C@@H]1C[C@H]1c1ccc(Cl)cc1OCc1ccccc1. The van der Waals surface area contributed by atoms with Gasteiger partial charge in [-0.05, 0) is 29.7 Å². The van der Waals surface area contributed by atoms with E-state index in [1.165, 1.54) is 5.56 Å². The molecular weight excluding hydrogens is 293 g/mol. The van der Waals surface area contributed by atoms with Crippen LogP contribution in [0.15, 0.2) is 48.5 Å². The zero-order valence-corrected chi connectivity index (χ0v) is 12.5. The lowest BCUT2D eigenvalue weighted by Gasteiger charge is -2.12. The van der Waals surface area contributed by atoms with Crippen molar-refractivity contribution < 1.29 is 4.74 Å². The molecule has 1 fully saturated rings. The van der Waals surface area contributed by atoms with Crippen molar-refractivity contribution in [2.24, 2.45) is 5.73 Å². The molecule has 1 aliphatic rings. The van der Waals surface area contributed by atoms with Gasteiger partial charge in [-0.25, -0.2) is 0 Å². The molecule has 2 N–H and O–H groups in total. The van der Waals surface area contributed by atoms with Crippen LogP contribution >= 0.6 is 24.0 Å². The maximum atomic E-state index is 6.05. The Morgan fingerprint density at radius 2 is 1.85 bits per heavy atom. The van der Waals surface area contributed by atoms with Gasteiger partial charge in [0.2, 0.25) is 0 Å². The summed E-state index contributed by atoms with van der Waals surface area (Å²) in [7, 11) is 0. The van der Waals surface area contributed by atoms with Gasteiger partial charge in [-0.3, -0.25) is 0 Å². The van der Waals surface area contributed by atoms with Crippen molar-refractivity contribution in [3.05, 3.63) is 64.7 Å². The number of nitrogens with two attached hydrogens (primary N) is 1. The van der Waals surface area contributed by atoms with Crippen molar-refractivity contribution in [2.45, 2.75) is 25.0 Å². The van der Waals surface area contributed by atoms with Gasteiger partial charge >= 0.3 is 0 Å². The Labute approximate surface area is 130 Å². The fraction of sp³-hybridized carbons (Fsp3) is 0.250. The monoisotopic (exact) mass is 309 g/mol. The topological polar surface area (TPSA) is 35.2 Å². The quantitative estimate of drug-likeness (QED) is 0.920. The molecule has 20 heavy (non-hydrogen) atoms. The van der Waals surface area contributed by atoms with Crippen LogP contribution < -0.4 is 10.5 Å². The van der Waals surface area contributed by atoms with E-state index in [0.29, 0.717) is 17.5 Å². The van der Waals surface area contributed by atoms with Crippen molar-refractivity contribution in [3.63, 3.8) is 0 Å². The van der Waals surface area contributed by atoms with Gasteiger partial charge < -0.3 is 10.5 Å². The summed E-state index contributed by atoms with van der Waals surface area (Å²) < 4.78 is 5.91. The maximum absolute atomic E-state index is 6.05. The maximum Gasteiger partial charge on any atom is 0.124 e. The van der Waals surface area contributed by atoms with Crippen LogP contribution in [0.4, 0.5) is 0 Å². The third-order valence-corrected chi connectivity index (χ3v) is 3.69. The van der Waals surface area contributed by atoms with Crippen molar-refractivity contribution in [1.82, 2.24) is 0 Å². The second-order valence-electron chi connectivity index (χ2n) is 4.96. The lowest BCUT2D eigenvalue weighted by molar-refractivity contribution is 0.303. The molecule has 106 valence electrons. The number of hydrogen-bond acceptors (Lipinski definition) is 2. The summed E-state index contributed by atoms with van der Waals surface area (Å²) in [5.74, 6) is 1.28. The van der Waals surface area contributed by atoms with E-state index in [4.69, 9.17) is 22.1 Å². The predicted octanol–water partition coefficient (Wildman–Crippen LogP) is 4.16. The normalized spacial score (nSPS) is 20.1. The molecule has 0 spiro atoms.